The minimum absolute atomic E-state index is 0.501. The molecule has 0 amide bonds. The predicted molar refractivity (Wildman–Crippen MR) is 86.8 cm³/mol. The Morgan fingerprint density at radius 3 is 2.53 bits per heavy atom. The van der Waals surface area contributed by atoms with Gasteiger partial charge in [-0.3, -0.25) is 0 Å². The van der Waals surface area contributed by atoms with E-state index >= 15 is 0 Å². The number of para-hydroxylation sites is 1. The lowest BCUT2D eigenvalue weighted by molar-refractivity contribution is 0.415. The quantitative estimate of drug-likeness (QED) is 0.799. The normalized spacial score (nSPS) is 16.4. The van der Waals surface area contributed by atoms with Crippen LogP contribution >= 0.6 is 12.2 Å². The molecule has 2 rings (SSSR count). The Morgan fingerprint density at radius 1 is 1.16 bits per heavy atom. The monoisotopic (exact) mass is 276 g/mol. The van der Waals surface area contributed by atoms with Crippen molar-refractivity contribution in [2.45, 2.75) is 57.9 Å². The summed E-state index contributed by atoms with van der Waals surface area (Å²) in [6.07, 6.45) is 6.50. The first-order valence-corrected chi connectivity index (χ1v) is 7.74. The number of anilines is 1. The van der Waals surface area contributed by atoms with Gasteiger partial charge in [0.05, 0.1) is 0 Å². The zero-order chi connectivity index (χ0) is 13.7. The van der Waals surface area contributed by atoms with Crippen LogP contribution in [-0.4, -0.2) is 11.2 Å². The van der Waals surface area contributed by atoms with Crippen LogP contribution in [0.5, 0.6) is 0 Å². The van der Waals surface area contributed by atoms with Crippen molar-refractivity contribution in [3.63, 3.8) is 0 Å². The molecular weight excluding hydrogens is 252 g/mol. The molecule has 1 aliphatic carbocycles. The van der Waals surface area contributed by atoms with Crippen molar-refractivity contribution in [2.24, 2.45) is 0 Å². The van der Waals surface area contributed by atoms with E-state index in [2.05, 4.69) is 48.7 Å². The second-order valence-electron chi connectivity index (χ2n) is 5.68. The molecule has 3 heteroatoms. The van der Waals surface area contributed by atoms with Gasteiger partial charge in [0.2, 0.25) is 0 Å². The lowest BCUT2D eigenvalue weighted by Gasteiger charge is -2.25. The van der Waals surface area contributed by atoms with Gasteiger partial charge in [-0.25, -0.2) is 0 Å². The SMILES string of the molecule is CC(C)c1ccccc1NC(=S)NC1CCCCC1. The summed E-state index contributed by atoms with van der Waals surface area (Å²) in [5.74, 6) is 0.501. The van der Waals surface area contributed by atoms with Crippen molar-refractivity contribution in [3.05, 3.63) is 29.8 Å². The third kappa shape index (κ3) is 4.20. The Kier molecular flexibility index (Phi) is 5.20. The van der Waals surface area contributed by atoms with Gasteiger partial charge in [0.15, 0.2) is 5.11 Å². The first-order chi connectivity index (χ1) is 9.16. The Labute approximate surface area is 122 Å². The molecule has 1 aliphatic rings. The van der Waals surface area contributed by atoms with Crippen molar-refractivity contribution in [1.82, 2.24) is 5.32 Å². The maximum absolute atomic E-state index is 5.44. The van der Waals surface area contributed by atoms with Crippen LogP contribution in [-0.2, 0) is 0 Å². The van der Waals surface area contributed by atoms with Crippen molar-refractivity contribution in [3.8, 4) is 0 Å². The molecule has 0 radical (unpaired) electrons. The van der Waals surface area contributed by atoms with Crippen LogP contribution in [0.15, 0.2) is 24.3 Å². The summed E-state index contributed by atoms with van der Waals surface area (Å²) >= 11 is 5.44. The summed E-state index contributed by atoms with van der Waals surface area (Å²) in [6, 6.07) is 8.95. The van der Waals surface area contributed by atoms with Crippen molar-refractivity contribution < 1.29 is 0 Å². The largest absolute Gasteiger partial charge is 0.360 e. The van der Waals surface area contributed by atoms with E-state index in [1.165, 1.54) is 37.7 Å². The van der Waals surface area contributed by atoms with Crippen LogP contribution in [0.2, 0.25) is 0 Å². The van der Waals surface area contributed by atoms with Gasteiger partial charge in [-0.15, -0.1) is 0 Å². The molecule has 0 atom stereocenters. The maximum Gasteiger partial charge on any atom is 0.171 e. The standard InChI is InChI=1S/C16H24N2S/c1-12(2)14-10-6-7-11-15(14)18-16(19)17-13-8-4-3-5-9-13/h6-7,10-13H,3-5,8-9H2,1-2H3,(H2,17,18,19). The first kappa shape index (κ1) is 14.3. The van der Waals surface area contributed by atoms with Gasteiger partial charge in [0, 0.05) is 11.7 Å². The van der Waals surface area contributed by atoms with E-state index in [1.807, 2.05) is 0 Å². The minimum Gasteiger partial charge on any atom is -0.360 e. The van der Waals surface area contributed by atoms with Crippen LogP contribution in [0.1, 0.15) is 57.4 Å². The molecule has 1 aromatic rings. The molecule has 0 aliphatic heterocycles. The fourth-order valence-electron chi connectivity index (χ4n) is 2.71. The van der Waals surface area contributed by atoms with Crippen molar-refractivity contribution >= 4 is 23.0 Å². The van der Waals surface area contributed by atoms with E-state index in [-0.39, 0.29) is 0 Å². The van der Waals surface area contributed by atoms with Crippen LogP contribution in [0, 0.1) is 0 Å². The van der Waals surface area contributed by atoms with Crippen LogP contribution in [0.3, 0.4) is 0 Å². The third-order valence-corrected chi connectivity index (χ3v) is 3.99. The van der Waals surface area contributed by atoms with Crippen LogP contribution in [0.4, 0.5) is 5.69 Å². The molecular formula is C16H24N2S. The highest BCUT2D eigenvalue weighted by Crippen LogP contribution is 2.24. The first-order valence-electron chi connectivity index (χ1n) is 7.33. The van der Waals surface area contributed by atoms with E-state index < -0.39 is 0 Å². The minimum atomic E-state index is 0.501. The fourth-order valence-corrected chi connectivity index (χ4v) is 2.98. The van der Waals surface area contributed by atoms with Gasteiger partial charge in [0.1, 0.15) is 0 Å². The lowest BCUT2D eigenvalue weighted by atomic mass is 9.96. The highest BCUT2D eigenvalue weighted by atomic mass is 32.1. The molecule has 0 saturated heterocycles. The topological polar surface area (TPSA) is 24.1 Å². The second-order valence-corrected chi connectivity index (χ2v) is 6.08. The highest BCUT2D eigenvalue weighted by molar-refractivity contribution is 7.80. The van der Waals surface area contributed by atoms with Gasteiger partial charge in [-0.05, 0) is 42.6 Å². The molecule has 1 fully saturated rings. The number of hydrogen-bond acceptors (Lipinski definition) is 1. The molecule has 19 heavy (non-hydrogen) atoms. The molecule has 0 unspecified atom stereocenters. The lowest BCUT2D eigenvalue weighted by Crippen LogP contribution is -2.39. The van der Waals surface area contributed by atoms with Gasteiger partial charge in [-0.1, -0.05) is 51.3 Å². The van der Waals surface area contributed by atoms with Gasteiger partial charge in [-0.2, -0.15) is 0 Å². The number of nitrogens with one attached hydrogen (secondary N) is 2. The highest BCUT2D eigenvalue weighted by Gasteiger charge is 2.14. The number of hydrogen-bond donors (Lipinski definition) is 2. The molecule has 0 spiro atoms. The van der Waals surface area contributed by atoms with Gasteiger partial charge >= 0.3 is 0 Å². The second kappa shape index (κ2) is 6.90. The van der Waals surface area contributed by atoms with E-state index in [4.69, 9.17) is 12.2 Å². The molecule has 0 heterocycles. The summed E-state index contributed by atoms with van der Waals surface area (Å²) in [6.45, 7) is 4.41. The number of thiocarbonyl (C=S) groups is 1. The molecule has 1 saturated carbocycles. The average Bonchev–Trinajstić information content (AvgIpc) is 2.40. The zero-order valence-electron chi connectivity index (χ0n) is 11.9. The van der Waals surface area contributed by atoms with E-state index in [0.717, 1.165) is 10.8 Å². The Morgan fingerprint density at radius 2 is 1.84 bits per heavy atom. The average molecular weight is 276 g/mol. The molecule has 1 aromatic carbocycles. The predicted octanol–water partition coefficient (Wildman–Crippen LogP) is 4.43. The van der Waals surface area contributed by atoms with E-state index in [1.54, 1.807) is 0 Å². The number of benzene rings is 1. The Balaban J connectivity index is 1.94. The van der Waals surface area contributed by atoms with Crippen LogP contribution in [0.25, 0.3) is 0 Å². The Hall–Kier alpha value is -1.09. The summed E-state index contributed by atoms with van der Waals surface area (Å²) in [4.78, 5) is 0. The molecule has 0 aromatic heterocycles. The van der Waals surface area contributed by atoms with Gasteiger partial charge < -0.3 is 10.6 Å². The molecule has 2 nitrogen and oxygen atoms in total. The van der Waals surface area contributed by atoms with E-state index in [9.17, 15) is 0 Å². The summed E-state index contributed by atoms with van der Waals surface area (Å²) in [7, 11) is 0. The third-order valence-electron chi connectivity index (χ3n) is 3.77. The smallest absolute Gasteiger partial charge is 0.171 e. The Bertz CT molecular complexity index is 423. The van der Waals surface area contributed by atoms with Crippen molar-refractivity contribution in [2.75, 3.05) is 5.32 Å². The van der Waals surface area contributed by atoms with Crippen LogP contribution < -0.4 is 10.6 Å². The summed E-state index contributed by atoms with van der Waals surface area (Å²) in [5.41, 5.74) is 2.45. The molecule has 0 bridgehead atoms. The maximum atomic E-state index is 5.44. The zero-order valence-corrected chi connectivity index (χ0v) is 12.7. The fraction of sp³-hybridized carbons (Fsp3) is 0.562. The molecule has 2 N–H and O–H groups in total. The molecule has 104 valence electrons. The number of rotatable bonds is 3. The summed E-state index contributed by atoms with van der Waals surface area (Å²) in [5, 5.41) is 7.58. The van der Waals surface area contributed by atoms with Crippen molar-refractivity contribution in [1.29, 1.82) is 0 Å². The van der Waals surface area contributed by atoms with Gasteiger partial charge in [0.25, 0.3) is 0 Å². The van der Waals surface area contributed by atoms with E-state index in [0.29, 0.717) is 12.0 Å². The summed E-state index contributed by atoms with van der Waals surface area (Å²) < 4.78 is 0.